The second kappa shape index (κ2) is 14.5. The van der Waals surface area contributed by atoms with Gasteiger partial charge in [-0.15, -0.1) is 0 Å². The van der Waals surface area contributed by atoms with Crippen molar-refractivity contribution in [3.8, 4) is 17.2 Å². The summed E-state index contributed by atoms with van der Waals surface area (Å²) in [7, 11) is -2.26. The number of methoxy groups -OCH3 is 1. The number of nitrogens with one attached hydrogen (secondary N) is 1. The second-order valence-electron chi connectivity index (χ2n) is 13.0. The summed E-state index contributed by atoms with van der Waals surface area (Å²) >= 11 is 0. The Labute approximate surface area is 287 Å². The molecule has 5 rings (SSSR count). The zero-order valence-electron chi connectivity index (χ0n) is 27.9. The number of hydrogen-bond acceptors (Lipinski definition) is 14. The zero-order chi connectivity index (χ0) is 36.7. The number of aliphatic hydroxyl groups is 2. The molecule has 1 heterocycles. The van der Waals surface area contributed by atoms with Crippen LogP contribution < -0.4 is 21.6 Å². The topological polar surface area (TPSA) is 274 Å². The summed E-state index contributed by atoms with van der Waals surface area (Å²) in [5, 5.41) is 49.9. The van der Waals surface area contributed by atoms with E-state index in [0.29, 0.717) is 6.42 Å². The van der Waals surface area contributed by atoms with Crippen molar-refractivity contribution in [2.45, 2.75) is 82.2 Å². The van der Waals surface area contributed by atoms with Crippen LogP contribution in [0.4, 0.5) is 0 Å². The third kappa shape index (κ3) is 7.07. The van der Waals surface area contributed by atoms with Crippen molar-refractivity contribution in [1.82, 2.24) is 5.43 Å². The van der Waals surface area contributed by atoms with Crippen LogP contribution in [0.3, 0.4) is 0 Å². The van der Waals surface area contributed by atoms with Crippen LogP contribution in [0.25, 0.3) is 0 Å². The summed E-state index contributed by atoms with van der Waals surface area (Å²) in [6.07, 6.45) is -5.18. The minimum atomic E-state index is -3.58. The van der Waals surface area contributed by atoms with Crippen molar-refractivity contribution in [2.24, 2.45) is 16.6 Å². The van der Waals surface area contributed by atoms with E-state index in [1.807, 2.05) is 0 Å². The maximum atomic E-state index is 13.9. The first kappa shape index (κ1) is 37.5. The molecule has 1 fully saturated rings. The lowest BCUT2D eigenvalue weighted by atomic mass is 9.72. The van der Waals surface area contributed by atoms with Gasteiger partial charge in [-0.25, -0.2) is 5.43 Å². The van der Waals surface area contributed by atoms with Crippen molar-refractivity contribution in [3.05, 3.63) is 51.6 Å². The number of nitrogens with zero attached hydrogens (tertiary/aromatic N) is 1. The summed E-state index contributed by atoms with van der Waals surface area (Å²) in [6, 6.07) is 3.64. The molecule has 1 aliphatic heterocycles. The number of phenols is 2. The molecule has 272 valence electrons. The smallest absolute Gasteiger partial charge is 0.240 e. The standard InChI is InChI=1S/C33H43N4O12P/c1-15-28(39)19(35)12-23(48-15)49-21-14-33(44,16(2)36-37-22(38)8-11-50(45,46)10-5-9-34)13-18-25(21)32(43)27-26(30(18)41)29(40)17-6-4-7-20(47-3)24(17)31(27)42/h4,6-7,15,19,21,23,28,39,41,43-44H,5,8-14,34-35H2,1-3H3,(H,37,38)(H,45,46)/b36-16+/t15-,19-,21-,23?,28+,33-/m0/s1. The van der Waals surface area contributed by atoms with Crippen LogP contribution in [0.1, 0.15) is 88.6 Å². The van der Waals surface area contributed by atoms with Gasteiger partial charge in [0.1, 0.15) is 22.8 Å². The molecule has 0 saturated carbocycles. The Balaban J connectivity index is 1.54. The van der Waals surface area contributed by atoms with E-state index in [1.54, 1.807) is 6.92 Å². The highest BCUT2D eigenvalue weighted by molar-refractivity contribution is 7.58. The average molecular weight is 719 g/mol. The van der Waals surface area contributed by atoms with E-state index in [4.69, 9.17) is 25.7 Å². The number of nitrogens with two attached hydrogens (primary N) is 2. The van der Waals surface area contributed by atoms with E-state index in [0.717, 1.165) is 0 Å². The van der Waals surface area contributed by atoms with Gasteiger partial charge in [-0.1, -0.05) is 12.1 Å². The number of hydrogen-bond donors (Lipinski definition) is 8. The van der Waals surface area contributed by atoms with Gasteiger partial charge in [0.15, 0.2) is 12.1 Å². The van der Waals surface area contributed by atoms with Gasteiger partial charge in [-0.05, 0) is 32.9 Å². The fourth-order valence-electron chi connectivity index (χ4n) is 6.70. The Bertz CT molecular complexity index is 1770. The third-order valence-electron chi connectivity index (χ3n) is 9.56. The number of ether oxygens (including phenoxy) is 3. The molecular formula is C33H43N4O12P. The van der Waals surface area contributed by atoms with Crippen LogP contribution in [0.5, 0.6) is 17.2 Å². The molecule has 0 radical (unpaired) electrons. The number of phenolic OH excluding ortho intramolecular Hbond substituents is 2. The Morgan fingerprint density at radius 1 is 1.16 bits per heavy atom. The maximum absolute atomic E-state index is 13.9. The largest absolute Gasteiger partial charge is 0.507 e. The van der Waals surface area contributed by atoms with Crippen molar-refractivity contribution in [2.75, 3.05) is 26.0 Å². The van der Waals surface area contributed by atoms with Gasteiger partial charge in [-0.3, -0.25) is 18.9 Å². The van der Waals surface area contributed by atoms with E-state index in [9.17, 15) is 44.3 Å². The van der Waals surface area contributed by atoms with Crippen LogP contribution in [0.2, 0.25) is 0 Å². The monoisotopic (exact) mass is 718 g/mol. The number of fused-ring (bicyclic) bond motifs is 3. The molecular weight excluding hydrogens is 675 g/mol. The normalized spacial score (nSPS) is 27.5. The minimum Gasteiger partial charge on any atom is -0.507 e. The van der Waals surface area contributed by atoms with Gasteiger partial charge in [0.25, 0.3) is 0 Å². The number of amides is 1. The molecule has 16 nitrogen and oxygen atoms in total. The molecule has 7 atom stereocenters. The summed E-state index contributed by atoms with van der Waals surface area (Å²) in [4.78, 5) is 50.3. The summed E-state index contributed by atoms with van der Waals surface area (Å²) in [6.45, 7) is 3.22. The summed E-state index contributed by atoms with van der Waals surface area (Å²) < 4.78 is 29.7. The van der Waals surface area contributed by atoms with Gasteiger partial charge in [0.05, 0.1) is 47.8 Å². The SMILES string of the molecule is COc1cccc2c1C(=O)c1c(O)c3c(c(O)c1C2=O)C[C@@](O)(/C(C)=N/NC(=O)CCP(=O)(O)CCCN)C[C@@H]3OC1C[C@H](N)[C@H](O)[C@H](C)O1. The number of aliphatic hydroxyl groups excluding tert-OH is 1. The predicted molar refractivity (Wildman–Crippen MR) is 179 cm³/mol. The van der Waals surface area contributed by atoms with Gasteiger partial charge in [-0.2, -0.15) is 5.10 Å². The highest BCUT2D eigenvalue weighted by Gasteiger charge is 2.49. The molecule has 17 heteroatoms. The number of carbonyl (C=O) groups is 3. The van der Waals surface area contributed by atoms with E-state index in [2.05, 4.69) is 10.5 Å². The number of aromatic hydroxyl groups is 2. The van der Waals surface area contributed by atoms with Crippen LogP contribution in [-0.2, 0) is 25.3 Å². The molecule has 2 unspecified atom stereocenters. The van der Waals surface area contributed by atoms with Crippen molar-refractivity contribution in [3.63, 3.8) is 0 Å². The third-order valence-corrected chi connectivity index (χ3v) is 11.5. The maximum Gasteiger partial charge on any atom is 0.240 e. The van der Waals surface area contributed by atoms with Crippen LogP contribution >= 0.6 is 7.37 Å². The Morgan fingerprint density at radius 2 is 1.86 bits per heavy atom. The van der Waals surface area contributed by atoms with Crippen LogP contribution in [-0.4, -0.2) is 105 Å². The fraction of sp³-hybridized carbons (Fsp3) is 0.515. The molecule has 0 aromatic heterocycles. The van der Waals surface area contributed by atoms with Crippen molar-refractivity contribution >= 4 is 30.6 Å². The van der Waals surface area contributed by atoms with E-state index < -0.39 is 90.1 Å². The first-order valence-corrected chi connectivity index (χ1v) is 18.2. The molecule has 1 amide bonds. The molecule has 1 saturated heterocycles. The highest BCUT2D eigenvalue weighted by atomic mass is 31.2. The van der Waals surface area contributed by atoms with Crippen LogP contribution in [0, 0.1) is 0 Å². The molecule has 0 bridgehead atoms. The predicted octanol–water partition coefficient (Wildman–Crippen LogP) is 0.941. The molecule has 2 aromatic rings. The number of carbonyl (C=O) groups excluding carboxylic acids is 3. The number of hydrazone groups is 1. The van der Waals surface area contributed by atoms with E-state index in [1.165, 1.54) is 32.2 Å². The first-order chi connectivity index (χ1) is 23.5. The average Bonchev–Trinajstić information content (AvgIpc) is 3.07. The number of benzene rings is 2. The molecule has 10 N–H and O–H groups in total. The van der Waals surface area contributed by atoms with Gasteiger partial charge in [0, 0.05) is 60.7 Å². The first-order valence-electron chi connectivity index (χ1n) is 16.2. The highest BCUT2D eigenvalue weighted by Crippen LogP contribution is 2.52. The quantitative estimate of drug-likeness (QED) is 0.0593. The molecule has 50 heavy (non-hydrogen) atoms. The molecule has 2 aliphatic carbocycles. The van der Waals surface area contributed by atoms with Gasteiger partial charge in [0.2, 0.25) is 19.1 Å². The number of rotatable bonds is 11. The lowest BCUT2D eigenvalue weighted by molar-refractivity contribution is -0.245. The Kier molecular flexibility index (Phi) is 10.9. The van der Waals surface area contributed by atoms with Crippen LogP contribution in [0.15, 0.2) is 23.3 Å². The lowest BCUT2D eigenvalue weighted by Gasteiger charge is -2.42. The van der Waals surface area contributed by atoms with E-state index >= 15 is 0 Å². The minimum absolute atomic E-state index is 0.0125. The molecule has 2 aromatic carbocycles. The van der Waals surface area contributed by atoms with E-state index in [-0.39, 0.29) is 71.8 Å². The summed E-state index contributed by atoms with van der Waals surface area (Å²) in [5.41, 5.74) is 10.5. The van der Waals surface area contributed by atoms with Gasteiger partial charge >= 0.3 is 0 Å². The Morgan fingerprint density at radius 3 is 2.52 bits per heavy atom. The van der Waals surface area contributed by atoms with Gasteiger partial charge < -0.3 is 51.0 Å². The second-order valence-corrected chi connectivity index (χ2v) is 15.6. The van der Waals surface area contributed by atoms with Crippen molar-refractivity contribution < 1.29 is 58.5 Å². The number of ketones is 2. The Hall–Kier alpha value is -3.73. The van der Waals surface area contributed by atoms with Crippen molar-refractivity contribution in [1.29, 1.82) is 0 Å². The lowest BCUT2D eigenvalue weighted by Crippen LogP contribution is -2.52. The molecule has 3 aliphatic rings. The zero-order valence-corrected chi connectivity index (χ0v) is 28.8. The summed E-state index contributed by atoms with van der Waals surface area (Å²) in [5.74, 6) is -3.44. The fourth-order valence-corrected chi connectivity index (χ4v) is 8.15. The molecule has 0 spiro atoms.